The molecule has 2 aromatic rings. The quantitative estimate of drug-likeness (QED) is 0.883. The van der Waals surface area contributed by atoms with Gasteiger partial charge < -0.3 is 9.73 Å². The van der Waals surface area contributed by atoms with Crippen molar-refractivity contribution in [2.45, 2.75) is 26.3 Å². The summed E-state index contributed by atoms with van der Waals surface area (Å²) in [6.07, 6.45) is 1.10. The molecule has 2 rings (SSSR count). The standard InChI is InChI=1S/C15H18BrNO/c1-3-10-17-15(13-8-9-14(16)18-13)12-7-5-4-6-11(12)2/h4-9,15,17H,3,10H2,1-2H3. The largest absolute Gasteiger partial charge is 0.452 e. The van der Waals surface area contributed by atoms with Crippen LogP contribution in [0.2, 0.25) is 0 Å². The molecule has 0 saturated carbocycles. The first-order chi connectivity index (χ1) is 8.72. The maximum absolute atomic E-state index is 5.71. The Labute approximate surface area is 117 Å². The molecule has 96 valence electrons. The van der Waals surface area contributed by atoms with Crippen molar-refractivity contribution in [1.29, 1.82) is 0 Å². The third-order valence-electron chi connectivity index (χ3n) is 2.98. The van der Waals surface area contributed by atoms with Crippen LogP contribution in [-0.2, 0) is 0 Å². The Hall–Kier alpha value is -1.06. The molecule has 0 saturated heterocycles. The van der Waals surface area contributed by atoms with Gasteiger partial charge in [0.15, 0.2) is 4.67 Å². The van der Waals surface area contributed by atoms with Gasteiger partial charge in [-0.15, -0.1) is 0 Å². The summed E-state index contributed by atoms with van der Waals surface area (Å²) in [5, 5.41) is 3.54. The molecule has 1 aromatic heterocycles. The lowest BCUT2D eigenvalue weighted by Crippen LogP contribution is -2.23. The van der Waals surface area contributed by atoms with Crippen LogP contribution >= 0.6 is 15.9 Å². The van der Waals surface area contributed by atoms with E-state index in [1.807, 2.05) is 12.1 Å². The number of hydrogen-bond donors (Lipinski definition) is 1. The van der Waals surface area contributed by atoms with Crippen molar-refractivity contribution in [3.05, 3.63) is 58.0 Å². The van der Waals surface area contributed by atoms with Crippen molar-refractivity contribution in [2.24, 2.45) is 0 Å². The molecule has 1 unspecified atom stereocenters. The van der Waals surface area contributed by atoms with Gasteiger partial charge in [0.2, 0.25) is 0 Å². The number of hydrogen-bond acceptors (Lipinski definition) is 2. The van der Waals surface area contributed by atoms with Crippen molar-refractivity contribution in [1.82, 2.24) is 5.32 Å². The molecule has 0 radical (unpaired) electrons. The molecule has 18 heavy (non-hydrogen) atoms. The predicted molar refractivity (Wildman–Crippen MR) is 77.7 cm³/mol. The van der Waals surface area contributed by atoms with E-state index < -0.39 is 0 Å². The number of halogens is 1. The molecular weight excluding hydrogens is 290 g/mol. The third-order valence-corrected chi connectivity index (χ3v) is 3.40. The van der Waals surface area contributed by atoms with Crippen LogP contribution in [-0.4, -0.2) is 6.54 Å². The number of aryl methyl sites for hydroxylation is 1. The summed E-state index contributed by atoms with van der Waals surface area (Å²) in [6, 6.07) is 12.5. The molecule has 1 atom stereocenters. The van der Waals surface area contributed by atoms with Gasteiger partial charge in [-0.2, -0.15) is 0 Å². The van der Waals surface area contributed by atoms with Gasteiger partial charge >= 0.3 is 0 Å². The number of nitrogens with one attached hydrogen (secondary N) is 1. The predicted octanol–water partition coefficient (Wildman–Crippen LogP) is 4.44. The molecule has 0 aliphatic rings. The minimum absolute atomic E-state index is 0.123. The lowest BCUT2D eigenvalue weighted by atomic mass is 9.99. The van der Waals surface area contributed by atoms with Crippen molar-refractivity contribution in [2.75, 3.05) is 6.54 Å². The fourth-order valence-electron chi connectivity index (χ4n) is 2.05. The minimum Gasteiger partial charge on any atom is -0.452 e. The third kappa shape index (κ3) is 3.03. The van der Waals surface area contributed by atoms with E-state index in [9.17, 15) is 0 Å². The number of rotatable bonds is 5. The lowest BCUT2D eigenvalue weighted by molar-refractivity contribution is 0.432. The van der Waals surface area contributed by atoms with Gasteiger partial charge in [0.05, 0.1) is 6.04 Å². The van der Waals surface area contributed by atoms with Crippen molar-refractivity contribution < 1.29 is 4.42 Å². The van der Waals surface area contributed by atoms with Gasteiger partial charge in [0.25, 0.3) is 0 Å². The Morgan fingerprint density at radius 1 is 1.22 bits per heavy atom. The molecule has 1 heterocycles. The first-order valence-corrected chi connectivity index (χ1v) is 7.05. The van der Waals surface area contributed by atoms with E-state index in [1.165, 1.54) is 11.1 Å². The van der Waals surface area contributed by atoms with E-state index in [-0.39, 0.29) is 6.04 Å². The van der Waals surface area contributed by atoms with Gasteiger partial charge in [-0.1, -0.05) is 31.2 Å². The minimum atomic E-state index is 0.123. The zero-order chi connectivity index (χ0) is 13.0. The SMILES string of the molecule is CCCNC(c1ccc(Br)o1)c1ccccc1C. The molecule has 2 nitrogen and oxygen atoms in total. The summed E-state index contributed by atoms with van der Waals surface area (Å²) >= 11 is 3.37. The Kier molecular flexibility index (Phi) is 4.61. The summed E-state index contributed by atoms with van der Waals surface area (Å²) in [5.41, 5.74) is 2.55. The number of benzene rings is 1. The molecule has 1 aromatic carbocycles. The molecule has 0 fully saturated rings. The second-order valence-corrected chi connectivity index (χ2v) is 5.17. The van der Waals surface area contributed by atoms with Crippen LogP contribution in [0.3, 0.4) is 0 Å². The van der Waals surface area contributed by atoms with E-state index in [4.69, 9.17) is 4.42 Å². The smallest absolute Gasteiger partial charge is 0.169 e. The summed E-state index contributed by atoms with van der Waals surface area (Å²) in [6.45, 7) is 5.27. The Morgan fingerprint density at radius 3 is 2.61 bits per heavy atom. The summed E-state index contributed by atoms with van der Waals surface area (Å²) in [4.78, 5) is 0. The van der Waals surface area contributed by atoms with E-state index in [0.717, 1.165) is 23.4 Å². The maximum atomic E-state index is 5.71. The summed E-state index contributed by atoms with van der Waals surface area (Å²) in [7, 11) is 0. The van der Waals surface area contributed by atoms with E-state index in [1.54, 1.807) is 0 Å². The fourth-order valence-corrected chi connectivity index (χ4v) is 2.37. The topological polar surface area (TPSA) is 25.2 Å². The Balaban J connectivity index is 2.33. The molecule has 0 spiro atoms. The van der Waals surface area contributed by atoms with Gasteiger partial charge in [-0.3, -0.25) is 0 Å². The summed E-state index contributed by atoms with van der Waals surface area (Å²) < 4.78 is 6.48. The van der Waals surface area contributed by atoms with Crippen LogP contribution in [0.25, 0.3) is 0 Å². The molecule has 0 aliphatic carbocycles. The fraction of sp³-hybridized carbons (Fsp3) is 0.333. The molecule has 3 heteroatoms. The van der Waals surface area contributed by atoms with Gasteiger partial charge in [0.1, 0.15) is 5.76 Å². The molecular formula is C15H18BrNO. The zero-order valence-corrected chi connectivity index (χ0v) is 12.3. The highest BCUT2D eigenvalue weighted by atomic mass is 79.9. The van der Waals surface area contributed by atoms with E-state index >= 15 is 0 Å². The van der Waals surface area contributed by atoms with Crippen LogP contribution < -0.4 is 5.32 Å². The van der Waals surface area contributed by atoms with Gasteiger partial charge in [-0.25, -0.2) is 0 Å². The van der Waals surface area contributed by atoms with Crippen molar-refractivity contribution in [3.63, 3.8) is 0 Å². The normalized spacial score (nSPS) is 12.6. The summed E-state index contributed by atoms with van der Waals surface area (Å²) in [5.74, 6) is 0.949. The van der Waals surface area contributed by atoms with E-state index in [0.29, 0.717) is 0 Å². The molecule has 0 amide bonds. The van der Waals surface area contributed by atoms with Crippen molar-refractivity contribution >= 4 is 15.9 Å². The second kappa shape index (κ2) is 6.21. The highest BCUT2D eigenvalue weighted by Crippen LogP contribution is 2.28. The Bertz CT molecular complexity index is 507. The second-order valence-electron chi connectivity index (χ2n) is 4.39. The van der Waals surface area contributed by atoms with Crippen LogP contribution in [0.4, 0.5) is 0 Å². The molecule has 1 N–H and O–H groups in total. The highest BCUT2D eigenvalue weighted by molar-refractivity contribution is 9.10. The first-order valence-electron chi connectivity index (χ1n) is 6.26. The van der Waals surface area contributed by atoms with Crippen LogP contribution in [0, 0.1) is 6.92 Å². The average Bonchev–Trinajstić information content (AvgIpc) is 2.78. The van der Waals surface area contributed by atoms with Gasteiger partial charge in [-0.05, 0) is 59.1 Å². The molecule has 0 aliphatic heterocycles. The molecule has 0 bridgehead atoms. The average molecular weight is 308 g/mol. The van der Waals surface area contributed by atoms with Crippen LogP contribution in [0.15, 0.2) is 45.5 Å². The lowest BCUT2D eigenvalue weighted by Gasteiger charge is -2.18. The van der Waals surface area contributed by atoms with Crippen LogP contribution in [0.1, 0.15) is 36.3 Å². The van der Waals surface area contributed by atoms with E-state index in [2.05, 4.69) is 59.4 Å². The van der Waals surface area contributed by atoms with Crippen molar-refractivity contribution in [3.8, 4) is 0 Å². The van der Waals surface area contributed by atoms with Gasteiger partial charge in [0, 0.05) is 0 Å². The first kappa shape index (κ1) is 13.4. The zero-order valence-electron chi connectivity index (χ0n) is 10.7. The highest BCUT2D eigenvalue weighted by Gasteiger charge is 2.18. The Morgan fingerprint density at radius 2 is 2.00 bits per heavy atom. The van der Waals surface area contributed by atoms with Crippen LogP contribution in [0.5, 0.6) is 0 Å². The maximum Gasteiger partial charge on any atom is 0.169 e. The monoisotopic (exact) mass is 307 g/mol. The number of furan rings is 1.